The predicted octanol–water partition coefficient (Wildman–Crippen LogP) is 2.01. The van der Waals surface area contributed by atoms with Crippen molar-refractivity contribution in [1.29, 1.82) is 0 Å². The summed E-state index contributed by atoms with van der Waals surface area (Å²) in [6, 6.07) is 7.67. The Kier molecular flexibility index (Phi) is 6.44. The number of piperazine rings is 1. The van der Waals surface area contributed by atoms with E-state index in [4.69, 9.17) is 0 Å². The molecule has 0 spiro atoms. The number of para-hydroxylation sites is 1. The number of nitrogens with one attached hydrogen (secondary N) is 3. The van der Waals surface area contributed by atoms with Crippen LogP contribution in [0.3, 0.4) is 0 Å². The van der Waals surface area contributed by atoms with Gasteiger partial charge in [-0.15, -0.1) is 0 Å². The summed E-state index contributed by atoms with van der Waals surface area (Å²) in [5.74, 6) is -0.00283. The maximum absolute atomic E-state index is 12.6. The van der Waals surface area contributed by atoms with Gasteiger partial charge in [0, 0.05) is 55.7 Å². The first-order valence-corrected chi connectivity index (χ1v) is 11.2. The molecule has 4 amide bonds. The second-order valence-electron chi connectivity index (χ2n) is 8.53. The molecule has 3 N–H and O–H groups in total. The van der Waals surface area contributed by atoms with Gasteiger partial charge in [0.2, 0.25) is 11.8 Å². The van der Waals surface area contributed by atoms with Gasteiger partial charge in [-0.1, -0.05) is 18.2 Å². The van der Waals surface area contributed by atoms with Crippen molar-refractivity contribution in [2.75, 3.05) is 26.2 Å². The second kappa shape index (κ2) is 9.41. The first kappa shape index (κ1) is 21.2. The number of amides is 4. The third-order valence-electron chi connectivity index (χ3n) is 6.09. The first-order chi connectivity index (χ1) is 15.0. The van der Waals surface area contributed by atoms with E-state index in [1.54, 1.807) is 11.8 Å². The fourth-order valence-corrected chi connectivity index (χ4v) is 3.98. The van der Waals surface area contributed by atoms with Gasteiger partial charge in [-0.25, -0.2) is 4.79 Å². The summed E-state index contributed by atoms with van der Waals surface area (Å²) in [7, 11) is 0. The number of carbonyl (C=O) groups is 3. The van der Waals surface area contributed by atoms with E-state index in [2.05, 4.69) is 27.8 Å². The van der Waals surface area contributed by atoms with Crippen molar-refractivity contribution in [3.8, 4) is 0 Å². The number of nitrogens with zero attached hydrogens (tertiary/aromatic N) is 2. The van der Waals surface area contributed by atoms with Crippen LogP contribution in [-0.4, -0.2) is 70.9 Å². The smallest absolute Gasteiger partial charge is 0.318 e. The highest BCUT2D eigenvalue weighted by molar-refractivity contribution is 5.87. The van der Waals surface area contributed by atoms with Gasteiger partial charge in [-0.2, -0.15) is 0 Å². The van der Waals surface area contributed by atoms with Crippen LogP contribution in [-0.2, 0) is 16.0 Å². The van der Waals surface area contributed by atoms with Crippen molar-refractivity contribution in [2.45, 2.75) is 51.1 Å². The molecule has 8 nitrogen and oxygen atoms in total. The van der Waals surface area contributed by atoms with E-state index in [0.29, 0.717) is 32.6 Å². The average molecular weight is 426 g/mol. The van der Waals surface area contributed by atoms with Gasteiger partial charge >= 0.3 is 6.03 Å². The molecule has 0 bridgehead atoms. The second-order valence-corrected chi connectivity index (χ2v) is 8.53. The monoisotopic (exact) mass is 425 g/mol. The Balaban J connectivity index is 1.17. The molecule has 1 aromatic carbocycles. The maximum atomic E-state index is 12.6. The summed E-state index contributed by atoms with van der Waals surface area (Å²) >= 11 is 0. The highest BCUT2D eigenvalue weighted by atomic mass is 16.2. The Morgan fingerprint density at radius 1 is 1.10 bits per heavy atom. The lowest BCUT2D eigenvalue weighted by Gasteiger charge is -2.35. The summed E-state index contributed by atoms with van der Waals surface area (Å²) < 4.78 is 0. The highest BCUT2D eigenvalue weighted by Crippen LogP contribution is 2.20. The average Bonchev–Trinajstić information content (AvgIpc) is 3.51. The van der Waals surface area contributed by atoms with Crippen LogP contribution in [0.2, 0.25) is 0 Å². The molecule has 2 fully saturated rings. The summed E-state index contributed by atoms with van der Waals surface area (Å²) in [6.45, 7) is 3.72. The van der Waals surface area contributed by atoms with Crippen LogP contribution in [0.1, 0.15) is 38.2 Å². The van der Waals surface area contributed by atoms with Crippen molar-refractivity contribution < 1.29 is 14.4 Å². The number of aryl methyl sites for hydroxylation is 1. The molecule has 166 valence electrons. The Bertz CT molecular complexity index is 944. The molecule has 0 radical (unpaired) electrons. The third-order valence-corrected chi connectivity index (χ3v) is 6.09. The normalized spacial score (nSPS) is 17.5. The lowest BCUT2D eigenvalue weighted by atomic mass is 10.1. The van der Waals surface area contributed by atoms with Crippen LogP contribution in [0, 0.1) is 0 Å². The molecule has 1 aliphatic carbocycles. The highest BCUT2D eigenvalue weighted by Gasteiger charge is 2.28. The van der Waals surface area contributed by atoms with E-state index in [0.717, 1.165) is 31.2 Å². The number of carbonyl (C=O) groups excluding carboxylic acids is 3. The molecule has 4 rings (SSSR count). The van der Waals surface area contributed by atoms with E-state index in [1.165, 1.54) is 10.9 Å². The molecule has 1 saturated heterocycles. The fourth-order valence-electron chi connectivity index (χ4n) is 3.98. The quantitative estimate of drug-likeness (QED) is 0.633. The molecular weight excluding hydrogens is 394 g/mol. The summed E-state index contributed by atoms with van der Waals surface area (Å²) in [5.41, 5.74) is 2.36. The van der Waals surface area contributed by atoms with E-state index in [9.17, 15) is 14.4 Å². The lowest BCUT2D eigenvalue weighted by molar-refractivity contribution is -0.132. The number of H-pyrrole nitrogens is 1. The van der Waals surface area contributed by atoms with Crippen LogP contribution in [0.4, 0.5) is 4.79 Å². The van der Waals surface area contributed by atoms with Crippen LogP contribution >= 0.6 is 0 Å². The Labute approximate surface area is 182 Å². The number of hydrogen-bond acceptors (Lipinski definition) is 3. The van der Waals surface area contributed by atoms with Gasteiger partial charge in [-0.3, -0.25) is 9.59 Å². The lowest BCUT2D eigenvalue weighted by Crippen LogP contribution is -2.56. The van der Waals surface area contributed by atoms with Crippen LogP contribution in [0.25, 0.3) is 10.9 Å². The van der Waals surface area contributed by atoms with Crippen LogP contribution in [0.15, 0.2) is 30.5 Å². The minimum Gasteiger partial charge on any atom is -0.361 e. The number of fused-ring (bicyclic) bond motifs is 1. The zero-order valence-electron chi connectivity index (χ0n) is 18.0. The van der Waals surface area contributed by atoms with Gasteiger partial charge < -0.3 is 25.4 Å². The van der Waals surface area contributed by atoms with Gasteiger partial charge in [0.1, 0.15) is 6.04 Å². The van der Waals surface area contributed by atoms with Crippen molar-refractivity contribution in [3.63, 3.8) is 0 Å². The molecule has 8 heteroatoms. The number of hydrogen-bond donors (Lipinski definition) is 3. The van der Waals surface area contributed by atoms with E-state index < -0.39 is 6.04 Å². The largest absolute Gasteiger partial charge is 0.361 e. The molecule has 1 aromatic heterocycles. The predicted molar refractivity (Wildman–Crippen MR) is 119 cm³/mol. The minimum atomic E-state index is -0.558. The maximum Gasteiger partial charge on any atom is 0.318 e. The van der Waals surface area contributed by atoms with Crippen LogP contribution < -0.4 is 10.6 Å². The summed E-state index contributed by atoms with van der Waals surface area (Å²) in [5, 5.41) is 6.87. The molecule has 1 atom stereocenters. The van der Waals surface area contributed by atoms with Gasteiger partial charge in [-0.05, 0) is 44.2 Å². The standard InChI is InChI=1S/C23H31N5O3/c1-16(22(30)26-18-9-10-18)25-23(31)28-13-11-27(12-14-28)21(29)8-4-5-17-15-24-20-7-3-2-6-19(17)20/h2-3,6-7,15-16,18,24H,4-5,8-14H2,1H3,(H,25,31)(H,26,30). The molecule has 1 saturated carbocycles. The minimum absolute atomic E-state index is 0.136. The van der Waals surface area contributed by atoms with Gasteiger partial charge in [0.15, 0.2) is 0 Å². The zero-order valence-corrected chi connectivity index (χ0v) is 18.0. The van der Waals surface area contributed by atoms with Gasteiger partial charge in [0.05, 0.1) is 0 Å². The van der Waals surface area contributed by atoms with Crippen molar-refractivity contribution >= 4 is 28.7 Å². The fraction of sp³-hybridized carbons (Fsp3) is 0.522. The Morgan fingerprint density at radius 2 is 1.81 bits per heavy atom. The molecule has 2 aliphatic rings. The topological polar surface area (TPSA) is 97.5 Å². The summed E-state index contributed by atoms with van der Waals surface area (Å²) in [6.07, 6.45) is 6.23. The van der Waals surface area contributed by atoms with Gasteiger partial charge in [0.25, 0.3) is 0 Å². The summed E-state index contributed by atoms with van der Waals surface area (Å²) in [4.78, 5) is 43.8. The zero-order chi connectivity index (χ0) is 21.8. The number of aromatic nitrogens is 1. The van der Waals surface area contributed by atoms with Crippen LogP contribution in [0.5, 0.6) is 0 Å². The van der Waals surface area contributed by atoms with E-state index >= 15 is 0 Å². The number of benzene rings is 1. The van der Waals surface area contributed by atoms with E-state index in [-0.39, 0.29) is 23.9 Å². The number of urea groups is 1. The Hall–Kier alpha value is -3.03. The first-order valence-electron chi connectivity index (χ1n) is 11.2. The van der Waals surface area contributed by atoms with Crippen molar-refractivity contribution in [1.82, 2.24) is 25.4 Å². The van der Waals surface area contributed by atoms with Crippen molar-refractivity contribution in [3.05, 3.63) is 36.0 Å². The number of aromatic amines is 1. The molecule has 1 unspecified atom stereocenters. The molecule has 2 aromatic rings. The molecule has 1 aliphatic heterocycles. The molecular formula is C23H31N5O3. The molecule has 2 heterocycles. The SMILES string of the molecule is CC(NC(=O)N1CCN(C(=O)CCCc2c[nH]c3ccccc23)CC1)C(=O)NC1CC1. The van der Waals surface area contributed by atoms with Crippen molar-refractivity contribution in [2.24, 2.45) is 0 Å². The third kappa shape index (κ3) is 5.37. The molecule has 31 heavy (non-hydrogen) atoms. The number of rotatable bonds is 7. The van der Waals surface area contributed by atoms with E-state index in [1.807, 2.05) is 23.2 Å². The Morgan fingerprint density at radius 3 is 2.55 bits per heavy atom.